The molecular weight excluding hydrogens is 130 g/mol. The summed E-state index contributed by atoms with van der Waals surface area (Å²) in [5.41, 5.74) is 0. The fourth-order valence-electron chi connectivity index (χ4n) is 0.318. The first kappa shape index (κ1) is 8.81. The first-order valence-electron chi connectivity index (χ1n) is 2.82. The molecule has 4 heteroatoms. The summed E-state index contributed by atoms with van der Waals surface area (Å²) in [6, 6.07) is 0. The molecule has 0 rings (SSSR count). The minimum Gasteiger partial charge on any atom is -0.347 e. The molecule has 0 saturated carbocycles. The maximum absolute atomic E-state index is 10.8. The largest absolute Gasteiger partial charge is 0.347 e. The van der Waals surface area contributed by atoms with E-state index in [0.717, 1.165) is 0 Å². The molecule has 10 heavy (non-hydrogen) atoms. The second kappa shape index (κ2) is 4.67. The van der Waals surface area contributed by atoms with Crippen molar-refractivity contribution < 1.29 is 4.79 Å². The van der Waals surface area contributed by atoms with Crippen LogP contribution >= 0.6 is 0 Å². The Kier molecular flexibility index (Phi) is 4.11. The Hall–Kier alpha value is -1.19. The van der Waals surface area contributed by atoms with Gasteiger partial charge in [-0.2, -0.15) is 0 Å². The predicted molar refractivity (Wildman–Crippen MR) is 41.6 cm³/mol. The van der Waals surface area contributed by atoms with Gasteiger partial charge >= 0.3 is 0 Å². The molecule has 0 aromatic heterocycles. The van der Waals surface area contributed by atoms with Crippen molar-refractivity contribution in [3.63, 3.8) is 0 Å². The van der Waals surface area contributed by atoms with Crippen LogP contribution in [0, 0.1) is 0 Å². The van der Waals surface area contributed by atoms with E-state index in [1.807, 2.05) is 0 Å². The smallest absolute Gasteiger partial charge is 0.243 e. The molecule has 1 amide bonds. The molecule has 0 atom stereocenters. The van der Waals surface area contributed by atoms with Crippen LogP contribution < -0.4 is 0 Å². The van der Waals surface area contributed by atoms with Crippen LogP contribution in [0.1, 0.15) is 0 Å². The highest BCUT2D eigenvalue weighted by Gasteiger charge is 1.98. The molecule has 4 nitrogen and oxygen atoms in total. The Balaban J connectivity index is 3.59. The second-order valence-corrected chi connectivity index (χ2v) is 1.93. The Bertz CT molecular complexity index is 151. The maximum Gasteiger partial charge on any atom is 0.243 e. The second-order valence-electron chi connectivity index (χ2n) is 1.93. The Morgan fingerprint density at radius 2 is 2.30 bits per heavy atom. The third kappa shape index (κ3) is 3.77. The van der Waals surface area contributed by atoms with Gasteiger partial charge in [0.25, 0.3) is 0 Å². The minimum absolute atomic E-state index is 0.0418. The zero-order chi connectivity index (χ0) is 7.98. The predicted octanol–water partition coefficient (Wildman–Crippen LogP) is -0.197. The molecular formula is C6H11N3O. The molecule has 0 radical (unpaired) electrons. The van der Waals surface area contributed by atoms with Crippen molar-refractivity contribution in [2.45, 2.75) is 0 Å². The lowest BCUT2D eigenvalue weighted by molar-refractivity contribution is -0.127. The van der Waals surface area contributed by atoms with Crippen LogP contribution in [0.15, 0.2) is 9.98 Å². The van der Waals surface area contributed by atoms with Gasteiger partial charge in [0.1, 0.15) is 12.9 Å². The summed E-state index contributed by atoms with van der Waals surface area (Å²) in [6.45, 7) is 3.32. The number of hydrogen-bond acceptors (Lipinski definition) is 2. The number of likely N-dealkylation sites (N-methyl/N-ethyl adjacent to an activating group) is 1. The quantitative estimate of drug-likeness (QED) is 0.396. The van der Waals surface area contributed by atoms with Gasteiger partial charge in [0, 0.05) is 14.1 Å². The van der Waals surface area contributed by atoms with Gasteiger partial charge < -0.3 is 4.90 Å². The highest BCUT2D eigenvalue weighted by atomic mass is 16.2. The Morgan fingerprint density at radius 3 is 2.70 bits per heavy atom. The van der Waals surface area contributed by atoms with Gasteiger partial charge in [0.05, 0.1) is 0 Å². The van der Waals surface area contributed by atoms with Crippen LogP contribution in [0.5, 0.6) is 0 Å². The highest BCUT2D eigenvalue weighted by Crippen LogP contribution is 1.78. The van der Waals surface area contributed by atoms with E-state index in [0.29, 0.717) is 0 Å². The van der Waals surface area contributed by atoms with E-state index in [-0.39, 0.29) is 12.5 Å². The van der Waals surface area contributed by atoms with E-state index in [9.17, 15) is 4.79 Å². The molecule has 0 spiro atoms. The first-order valence-corrected chi connectivity index (χ1v) is 2.82. The van der Waals surface area contributed by atoms with E-state index in [1.165, 1.54) is 11.2 Å². The fourth-order valence-corrected chi connectivity index (χ4v) is 0.318. The molecule has 0 bridgehead atoms. The van der Waals surface area contributed by atoms with Crippen LogP contribution in [-0.4, -0.2) is 44.5 Å². The normalized spacial score (nSPS) is 9.80. The van der Waals surface area contributed by atoms with Gasteiger partial charge in [0.15, 0.2) is 0 Å². The van der Waals surface area contributed by atoms with Crippen LogP contribution in [0.25, 0.3) is 0 Å². The standard InChI is InChI=1S/C6H11N3O/c1-7-5-8-4-6(10)9(2)3/h5H,1,4H2,2-3H3. The fraction of sp³-hybridized carbons (Fsp3) is 0.500. The van der Waals surface area contributed by atoms with Gasteiger partial charge in [-0.05, 0) is 6.72 Å². The summed E-state index contributed by atoms with van der Waals surface area (Å²) in [5.74, 6) is -0.0418. The number of carbonyl (C=O) groups is 1. The lowest BCUT2D eigenvalue weighted by Crippen LogP contribution is -2.23. The van der Waals surface area contributed by atoms with E-state index >= 15 is 0 Å². The van der Waals surface area contributed by atoms with Crippen molar-refractivity contribution in [2.75, 3.05) is 20.6 Å². The summed E-state index contributed by atoms with van der Waals surface area (Å²) in [6.07, 6.45) is 1.27. The lowest BCUT2D eigenvalue weighted by Gasteiger charge is -2.06. The van der Waals surface area contributed by atoms with Gasteiger partial charge in [-0.3, -0.25) is 14.8 Å². The number of rotatable bonds is 3. The molecule has 0 unspecified atom stereocenters. The highest BCUT2D eigenvalue weighted by molar-refractivity contribution is 5.79. The summed E-state index contributed by atoms with van der Waals surface area (Å²) >= 11 is 0. The van der Waals surface area contributed by atoms with Crippen LogP contribution in [0.4, 0.5) is 0 Å². The summed E-state index contributed by atoms with van der Waals surface area (Å²) in [4.78, 5) is 19.3. The number of hydrogen-bond donors (Lipinski definition) is 0. The van der Waals surface area contributed by atoms with Crippen LogP contribution in [-0.2, 0) is 4.79 Å². The van der Waals surface area contributed by atoms with Crippen molar-refractivity contribution in [1.82, 2.24) is 4.90 Å². The average molecular weight is 141 g/mol. The molecule has 0 N–H and O–H groups in total. The SMILES string of the molecule is C=NC=NCC(=O)N(C)C. The summed E-state index contributed by atoms with van der Waals surface area (Å²) in [7, 11) is 3.36. The van der Waals surface area contributed by atoms with E-state index in [2.05, 4.69) is 16.7 Å². The number of nitrogens with zero attached hydrogens (tertiary/aromatic N) is 3. The average Bonchev–Trinajstić information content (AvgIpc) is 1.88. The zero-order valence-electron chi connectivity index (χ0n) is 6.24. The van der Waals surface area contributed by atoms with E-state index in [1.54, 1.807) is 14.1 Å². The van der Waals surface area contributed by atoms with Crippen molar-refractivity contribution >= 4 is 19.0 Å². The molecule has 0 aliphatic rings. The van der Waals surface area contributed by atoms with Crippen molar-refractivity contribution in [3.05, 3.63) is 0 Å². The number of aliphatic imine (C=N–C) groups is 2. The summed E-state index contributed by atoms with van der Waals surface area (Å²) < 4.78 is 0. The van der Waals surface area contributed by atoms with E-state index < -0.39 is 0 Å². The first-order chi connectivity index (χ1) is 4.68. The number of amides is 1. The molecule has 0 aliphatic heterocycles. The summed E-state index contributed by atoms with van der Waals surface area (Å²) in [5, 5.41) is 0. The number of carbonyl (C=O) groups excluding carboxylic acids is 1. The topological polar surface area (TPSA) is 45.0 Å². The Labute approximate surface area is 60.3 Å². The van der Waals surface area contributed by atoms with Crippen LogP contribution in [0.2, 0.25) is 0 Å². The Morgan fingerprint density at radius 1 is 1.70 bits per heavy atom. The van der Waals surface area contributed by atoms with Gasteiger partial charge in [-0.25, -0.2) is 0 Å². The van der Waals surface area contributed by atoms with Gasteiger partial charge in [-0.1, -0.05) is 0 Å². The van der Waals surface area contributed by atoms with Crippen molar-refractivity contribution in [1.29, 1.82) is 0 Å². The third-order valence-corrected chi connectivity index (χ3v) is 0.889. The van der Waals surface area contributed by atoms with Crippen LogP contribution in [0.3, 0.4) is 0 Å². The molecule has 56 valence electrons. The molecule has 0 fully saturated rings. The maximum atomic E-state index is 10.8. The van der Waals surface area contributed by atoms with Gasteiger partial charge in [-0.15, -0.1) is 0 Å². The molecule has 0 aromatic carbocycles. The molecule has 0 aromatic rings. The monoisotopic (exact) mass is 141 g/mol. The molecule has 0 saturated heterocycles. The minimum atomic E-state index is -0.0418. The lowest BCUT2D eigenvalue weighted by atomic mass is 10.6. The van der Waals surface area contributed by atoms with Crippen molar-refractivity contribution in [2.24, 2.45) is 9.98 Å². The third-order valence-electron chi connectivity index (χ3n) is 0.889. The zero-order valence-corrected chi connectivity index (χ0v) is 6.24. The van der Waals surface area contributed by atoms with Gasteiger partial charge in [0.2, 0.25) is 5.91 Å². The van der Waals surface area contributed by atoms with Crippen molar-refractivity contribution in [3.8, 4) is 0 Å². The van der Waals surface area contributed by atoms with E-state index in [4.69, 9.17) is 0 Å². The molecule has 0 aliphatic carbocycles. The molecule has 0 heterocycles.